The van der Waals surface area contributed by atoms with Gasteiger partial charge in [-0.1, -0.05) is 11.6 Å². The van der Waals surface area contributed by atoms with Crippen molar-refractivity contribution in [2.45, 2.75) is 19.3 Å². The molecule has 0 saturated heterocycles. The van der Waals surface area contributed by atoms with Gasteiger partial charge in [-0.3, -0.25) is 4.79 Å². The van der Waals surface area contributed by atoms with Crippen LogP contribution < -0.4 is 19.5 Å². The van der Waals surface area contributed by atoms with Gasteiger partial charge in [0, 0.05) is 34.6 Å². The highest BCUT2D eigenvalue weighted by Crippen LogP contribution is 2.41. The zero-order valence-electron chi connectivity index (χ0n) is 13.9. The van der Waals surface area contributed by atoms with Crippen LogP contribution in [0, 0.1) is 0 Å². The molecule has 0 atom stereocenters. The second kappa shape index (κ2) is 6.48. The molecule has 25 heavy (non-hydrogen) atoms. The van der Waals surface area contributed by atoms with Crippen LogP contribution in [0.5, 0.6) is 17.2 Å². The third-order valence-corrected chi connectivity index (χ3v) is 4.77. The second-order valence-electron chi connectivity index (χ2n) is 6.09. The van der Waals surface area contributed by atoms with Crippen LogP contribution in [0.25, 0.3) is 0 Å². The maximum Gasteiger partial charge on any atom is 0.229 e. The molecule has 6 heteroatoms. The fourth-order valence-electron chi connectivity index (χ4n) is 3.40. The predicted molar refractivity (Wildman–Crippen MR) is 95.2 cm³/mol. The molecule has 2 aliphatic heterocycles. The van der Waals surface area contributed by atoms with E-state index in [9.17, 15) is 4.79 Å². The zero-order valence-corrected chi connectivity index (χ0v) is 14.6. The molecular formula is C19H18ClNO4. The molecule has 0 saturated carbocycles. The first kappa shape index (κ1) is 16.1. The lowest BCUT2D eigenvalue weighted by Gasteiger charge is -2.14. The number of methoxy groups -OCH3 is 1. The Bertz CT molecular complexity index is 818. The number of anilines is 1. The summed E-state index contributed by atoms with van der Waals surface area (Å²) in [6.45, 7) is 1.30. The summed E-state index contributed by atoms with van der Waals surface area (Å²) in [4.78, 5) is 12.7. The lowest BCUT2D eigenvalue weighted by molar-refractivity contribution is -0.115. The summed E-state index contributed by atoms with van der Waals surface area (Å²) in [6, 6.07) is 7.18. The van der Waals surface area contributed by atoms with Crippen LogP contribution >= 0.6 is 11.6 Å². The van der Waals surface area contributed by atoms with E-state index in [1.807, 2.05) is 6.07 Å². The van der Waals surface area contributed by atoms with E-state index in [1.165, 1.54) is 0 Å². The molecule has 2 aromatic carbocycles. The van der Waals surface area contributed by atoms with Crippen molar-refractivity contribution in [1.82, 2.24) is 0 Å². The standard InChI is InChI=1S/C19H18ClNO4/c1-23-16-3-2-12(20)9-15(16)21-18(22)10-14-13-5-7-24-17(13)8-11-4-6-25-19(11)14/h2-3,8-9H,4-7,10H2,1H3,(H,21,22). The number of ether oxygens (including phenoxy) is 3. The number of carbonyl (C=O) groups is 1. The number of carbonyl (C=O) groups excluding carboxylic acids is 1. The van der Waals surface area contributed by atoms with E-state index in [0.717, 1.165) is 41.0 Å². The lowest BCUT2D eigenvalue weighted by atomic mass is 9.97. The van der Waals surface area contributed by atoms with Gasteiger partial charge in [-0.25, -0.2) is 0 Å². The highest BCUT2D eigenvalue weighted by molar-refractivity contribution is 6.31. The molecule has 1 N–H and O–H groups in total. The minimum absolute atomic E-state index is 0.140. The Morgan fingerprint density at radius 1 is 1.24 bits per heavy atom. The molecule has 0 unspecified atom stereocenters. The van der Waals surface area contributed by atoms with Gasteiger partial charge >= 0.3 is 0 Å². The van der Waals surface area contributed by atoms with Gasteiger partial charge in [0.05, 0.1) is 32.4 Å². The molecule has 0 spiro atoms. The Labute approximate surface area is 150 Å². The van der Waals surface area contributed by atoms with Crippen LogP contribution in [0.15, 0.2) is 24.3 Å². The molecule has 0 fully saturated rings. The normalized spacial score (nSPS) is 14.3. The maximum absolute atomic E-state index is 12.7. The molecule has 130 valence electrons. The summed E-state index contributed by atoms with van der Waals surface area (Å²) in [5, 5.41) is 3.42. The Morgan fingerprint density at radius 2 is 2.08 bits per heavy atom. The van der Waals surface area contributed by atoms with Crippen molar-refractivity contribution in [2.75, 3.05) is 25.6 Å². The summed E-state index contributed by atoms with van der Waals surface area (Å²) in [7, 11) is 1.56. The summed E-state index contributed by atoms with van der Waals surface area (Å²) in [5.41, 5.74) is 3.68. The van der Waals surface area contributed by atoms with Crippen molar-refractivity contribution in [2.24, 2.45) is 0 Å². The average Bonchev–Trinajstić information content (AvgIpc) is 3.23. The Kier molecular flexibility index (Phi) is 4.17. The van der Waals surface area contributed by atoms with Crippen molar-refractivity contribution < 1.29 is 19.0 Å². The zero-order chi connectivity index (χ0) is 17.4. The number of amides is 1. The van der Waals surface area contributed by atoms with Crippen molar-refractivity contribution in [3.63, 3.8) is 0 Å². The first-order valence-electron chi connectivity index (χ1n) is 8.22. The summed E-state index contributed by atoms with van der Waals surface area (Å²) in [6.07, 6.45) is 1.88. The molecule has 0 radical (unpaired) electrons. The van der Waals surface area contributed by atoms with E-state index in [-0.39, 0.29) is 12.3 Å². The van der Waals surface area contributed by atoms with Gasteiger partial charge in [0.1, 0.15) is 17.2 Å². The number of fused-ring (bicyclic) bond motifs is 2. The van der Waals surface area contributed by atoms with E-state index in [4.69, 9.17) is 25.8 Å². The molecule has 0 aromatic heterocycles. The van der Waals surface area contributed by atoms with Crippen LogP contribution in [0.1, 0.15) is 16.7 Å². The molecule has 2 aliphatic rings. The molecular weight excluding hydrogens is 342 g/mol. The lowest BCUT2D eigenvalue weighted by Crippen LogP contribution is -2.16. The van der Waals surface area contributed by atoms with Gasteiger partial charge in [-0.05, 0) is 24.3 Å². The molecule has 2 heterocycles. The molecule has 0 bridgehead atoms. The Hall–Kier alpha value is -2.40. The Balaban J connectivity index is 1.61. The predicted octanol–water partition coefficient (Wildman–Crippen LogP) is 3.40. The highest BCUT2D eigenvalue weighted by Gasteiger charge is 2.27. The van der Waals surface area contributed by atoms with E-state index >= 15 is 0 Å². The quantitative estimate of drug-likeness (QED) is 0.909. The van der Waals surface area contributed by atoms with Crippen LogP contribution in [0.2, 0.25) is 5.02 Å². The summed E-state index contributed by atoms with van der Waals surface area (Å²) < 4.78 is 16.8. The average molecular weight is 360 g/mol. The van der Waals surface area contributed by atoms with Crippen molar-refractivity contribution in [1.29, 1.82) is 0 Å². The Morgan fingerprint density at radius 3 is 2.92 bits per heavy atom. The molecule has 4 rings (SSSR count). The fourth-order valence-corrected chi connectivity index (χ4v) is 3.58. The van der Waals surface area contributed by atoms with Crippen molar-refractivity contribution in [3.8, 4) is 17.2 Å². The molecule has 5 nitrogen and oxygen atoms in total. The molecule has 0 aliphatic carbocycles. The van der Waals surface area contributed by atoms with Gasteiger partial charge < -0.3 is 19.5 Å². The van der Waals surface area contributed by atoms with Crippen LogP contribution in [0.3, 0.4) is 0 Å². The van der Waals surface area contributed by atoms with E-state index < -0.39 is 0 Å². The SMILES string of the molecule is COc1ccc(Cl)cc1NC(=O)Cc1c2c(cc3c1OCC3)OCC2. The van der Waals surface area contributed by atoms with Crippen LogP contribution in [0.4, 0.5) is 5.69 Å². The topological polar surface area (TPSA) is 56.8 Å². The minimum atomic E-state index is -0.140. The number of rotatable bonds is 4. The number of hydrogen-bond donors (Lipinski definition) is 1. The second-order valence-corrected chi connectivity index (χ2v) is 6.52. The summed E-state index contributed by atoms with van der Waals surface area (Å²) >= 11 is 6.03. The molecule has 2 aromatic rings. The first-order valence-corrected chi connectivity index (χ1v) is 8.60. The first-order chi connectivity index (χ1) is 12.2. The highest BCUT2D eigenvalue weighted by atomic mass is 35.5. The molecule has 1 amide bonds. The van der Waals surface area contributed by atoms with Crippen LogP contribution in [-0.4, -0.2) is 26.2 Å². The van der Waals surface area contributed by atoms with Gasteiger partial charge in [0.25, 0.3) is 0 Å². The number of hydrogen-bond acceptors (Lipinski definition) is 4. The van der Waals surface area contributed by atoms with E-state index in [0.29, 0.717) is 29.7 Å². The van der Waals surface area contributed by atoms with E-state index in [2.05, 4.69) is 5.32 Å². The smallest absolute Gasteiger partial charge is 0.229 e. The monoisotopic (exact) mass is 359 g/mol. The largest absolute Gasteiger partial charge is 0.495 e. The number of nitrogens with one attached hydrogen (secondary N) is 1. The third kappa shape index (κ3) is 3.00. The van der Waals surface area contributed by atoms with Gasteiger partial charge in [-0.2, -0.15) is 0 Å². The van der Waals surface area contributed by atoms with Crippen molar-refractivity contribution in [3.05, 3.63) is 46.0 Å². The van der Waals surface area contributed by atoms with Crippen molar-refractivity contribution >= 4 is 23.2 Å². The van der Waals surface area contributed by atoms with Gasteiger partial charge in [0.2, 0.25) is 5.91 Å². The van der Waals surface area contributed by atoms with Gasteiger partial charge in [0.15, 0.2) is 0 Å². The van der Waals surface area contributed by atoms with E-state index in [1.54, 1.807) is 25.3 Å². The fraction of sp³-hybridized carbons (Fsp3) is 0.316. The van der Waals surface area contributed by atoms with Crippen LogP contribution in [-0.2, 0) is 24.1 Å². The summed E-state index contributed by atoms with van der Waals surface area (Å²) in [5.74, 6) is 2.16. The number of benzene rings is 2. The van der Waals surface area contributed by atoms with Gasteiger partial charge in [-0.15, -0.1) is 0 Å². The minimum Gasteiger partial charge on any atom is -0.495 e. The maximum atomic E-state index is 12.7. The number of halogens is 1. The third-order valence-electron chi connectivity index (χ3n) is 4.53.